The third-order valence-corrected chi connectivity index (χ3v) is 6.38. The molecule has 1 aliphatic carbocycles. The number of carbonyl (C=O) groups is 4. The first-order valence-electron chi connectivity index (χ1n) is 12.5. The molecule has 3 amide bonds. The topological polar surface area (TPSA) is 114 Å². The Bertz CT molecular complexity index is 940. The van der Waals surface area contributed by atoms with Crippen molar-refractivity contribution in [1.82, 2.24) is 15.5 Å². The molecule has 5 atom stereocenters. The number of methoxy groups -OCH3 is 1. The van der Waals surface area contributed by atoms with Gasteiger partial charge in [-0.1, -0.05) is 57.0 Å². The van der Waals surface area contributed by atoms with Gasteiger partial charge in [-0.05, 0) is 51.5 Å². The van der Waals surface area contributed by atoms with E-state index in [1.165, 1.54) is 7.11 Å². The molecule has 0 spiro atoms. The predicted molar refractivity (Wildman–Crippen MR) is 136 cm³/mol. The summed E-state index contributed by atoms with van der Waals surface area (Å²) in [5.74, 6) is -1.46. The van der Waals surface area contributed by atoms with E-state index in [-0.39, 0.29) is 30.3 Å². The van der Waals surface area contributed by atoms with Gasteiger partial charge >= 0.3 is 12.1 Å². The lowest BCUT2D eigenvalue weighted by Gasteiger charge is -2.36. The number of rotatable bonds is 10. The van der Waals surface area contributed by atoms with Crippen LogP contribution in [0.5, 0.6) is 0 Å². The van der Waals surface area contributed by atoms with E-state index < -0.39 is 35.7 Å². The first-order valence-corrected chi connectivity index (χ1v) is 12.5. The molecule has 1 fully saturated rings. The summed E-state index contributed by atoms with van der Waals surface area (Å²) in [6.45, 7) is 12.7. The first-order chi connectivity index (χ1) is 16.8. The lowest BCUT2D eigenvalue weighted by atomic mass is 9.95. The van der Waals surface area contributed by atoms with Crippen molar-refractivity contribution in [2.75, 3.05) is 13.7 Å². The van der Waals surface area contributed by atoms with E-state index in [9.17, 15) is 19.2 Å². The zero-order valence-electron chi connectivity index (χ0n) is 22.7. The zero-order chi connectivity index (χ0) is 27.2. The predicted octanol–water partition coefficient (Wildman–Crippen LogP) is 3.50. The number of hydrogen-bond donors (Lipinski definition) is 2. The molecular formula is C27H41N3O6. The van der Waals surface area contributed by atoms with E-state index in [0.29, 0.717) is 12.0 Å². The van der Waals surface area contributed by atoms with Crippen LogP contribution in [0.25, 0.3) is 0 Å². The third-order valence-electron chi connectivity index (χ3n) is 6.38. The average Bonchev–Trinajstić information content (AvgIpc) is 3.53. The standard InChI is InChI=1S/C27H41N3O6/c1-9-17(3)22(29-26(34)36-27(5,6)7)25(33)30(20-14-18(20)4)23(19-12-10-16(2)11-13-19)24(32)28-15-21(31)35-8/h10-13,17-18,20,22-23H,9,14-15H2,1-8H3,(H,28,32)(H,29,34). The number of hydrogen-bond acceptors (Lipinski definition) is 6. The van der Waals surface area contributed by atoms with Crippen molar-refractivity contribution in [2.24, 2.45) is 11.8 Å². The van der Waals surface area contributed by atoms with Gasteiger partial charge in [-0.25, -0.2) is 4.79 Å². The Morgan fingerprint density at radius 1 is 1.14 bits per heavy atom. The Hall–Kier alpha value is -3.10. The average molecular weight is 504 g/mol. The van der Waals surface area contributed by atoms with E-state index in [2.05, 4.69) is 15.4 Å². The molecule has 2 N–H and O–H groups in total. The fourth-order valence-corrected chi connectivity index (χ4v) is 3.97. The summed E-state index contributed by atoms with van der Waals surface area (Å²) >= 11 is 0. The van der Waals surface area contributed by atoms with Crippen LogP contribution in [0.15, 0.2) is 24.3 Å². The Morgan fingerprint density at radius 3 is 2.19 bits per heavy atom. The quantitative estimate of drug-likeness (QED) is 0.473. The molecule has 0 saturated heterocycles. The van der Waals surface area contributed by atoms with Crippen molar-refractivity contribution in [3.8, 4) is 0 Å². The minimum atomic E-state index is -0.982. The van der Waals surface area contributed by atoms with E-state index in [0.717, 1.165) is 12.0 Å². The molecule has 5 unspecified atom stereocenters. The number of benzene rings is 1. The largest absolute Gasteiger partial charge is 0.468 e. The van der Waals surface area contributed by atoms with Crippen LogP contribution in [0.1, 0.15) is 71.6 Å². The normalized spacial score (nSPS) is 19.3. The highest BCUT2D eigenvalue weighted by Crippen LogP contribution is 2.41. The van der Waals surface area contributed by atoms with Gasteiger partial charge in [-0.15, -0.1) is 0 Å². The maximum absolute atomic E-state index is 14.1. The van der Waals surface area contributed by atoms with Crippen LogP contribution in [-0.2, 0) is 23.9 Å². The summed E-state index contributed by atoms with van der Waals surface area (Å²) in [6, 6.07) is 5.32. The maximum atomic E-state index is 14.1. The molecule has 0 radical (unpaired) electrons. The van der Waals surface area contributed by atoms with Crippen molar-refractivity contribution < 1.29 is 28.7 Å². The van der Waals surface area contributed by atoms with Crippen LogP contribution in [0.3, 0.4) is 0 Å². The minimum absolute atomic E-state index is 0.181. The molecule has 0 bridgehead atoms. The summed E-state index contributed by atoms with van der Waals surface area (Å²) in [4.78, 5) is 53.6. The number of ether oxygens (including phenoxy) is 2. The van der Waals surface area contributed by atoms with Gasteiger partial charge in [0.25, 0.3) is 0 Å². The number of nitrogens with zero attached hydrogens (tertiary/aromatic N) is 1. The number of esters is 1. The highest BCUT2D eigenvalue weighted by Gasteiger charge is 2.48. The highest BCUT2D eigenvalue weighted by molar-refractivity contribution is 5.93. The Balaban J connectivity index is 2.48. The van der Waals surface area contributed by atoms with Gasteiger partial charge < -0.3 is 25.0 Å². The molecular weight excluding hydrogens is 462 g/mol. The third kappa shape index (κ3) is 7.96. The van der Waals surface area contributed by atoms with Crippen molar-refractivity contribution in [3.63, 3.8) is 0 Å². The molecule has 9 nitrogen and oxygen atoms in total. The fourth-order valence-electron chi connectivity index (χ4n) is 3.97. The van der Waals surface area contributed by atoms with Crippen LogP contribution in [0, 0.1) is 18.8 Å². The minimum Gasteiger partial charge on any atom is -0.468 e. The first kappa shape index (κ1) is 29.1. The number of alkyl carbamates (subject to hydrolysis) is 1. The van der Waals surface area contributed by atoms with Gasteiger partial charge in [0.2, 0.25) is 11.8 Å². The summed E-state index contributed by atoms with van der Waals surface area (Å²) in [5.41, 5.74) is 0.903. The Kier molecular flexibility index (Phi) is 9.90. The molecule has 1 aliphatic rings. The smallest absolute Gasteiger partial charge is 0.408 e. The molecule has 1 aromatic carbocycles. The monoisotopic (exact) mass is 503 g/mol. The number of carbonyl (C=O) groups excluding carboxylic acids is 4. The molecule has 9 heteroatoms. The molecule has 0 aromatic heterocycles. The fraction of sp³-hybridized carbons (Fsp3) is 0.630. The van der Waals surface area contributed by atoms with Gasteiger partial charge in [0, 0.05) is 6.04 Å². The molecule has 2 rings (SSSR count). The van der Waals surface area contributed by atoms with Gasteiger partial charge in [0.1, 0.15) is 24.2 Å². The molecule has 36 heavy (non-hydrogen) atoms. The van der Waals surface area contributed by atoms with Gasteiger partial charge in [0.05, 0.1) is 7.11 Å². The second-order valence-electron chi connectivity index (χ2n) is 10.6. The molecule has 1 saturated carbocycles. The summed E-state index contributed by atoms with van der Waals surface area (Å²) in [7, 11) is 1.24. The van der Waals surface area contributed by atoms with Crippen LogP contribution < -0.4 is 10.6 Å². The number of amides is 3. The Labute approximate surface area is 214 Å². The SMILES string of the molecule is CCC(C)C(NC(=O)OC(C)(C)C)C(=O)N(C(C(=O)NCC(=O)OC)c1ccc(C)cc1)C1CC1C. The second kappa shape index (κ2) is 12.2. The maximum Gasteiger partial charge on any atom is 0.408 e. The van der Waals surface area contributed by atoms with E-state index in [1.54, 1.807) is 25.7 Å². The Morgan fingerprint density at radius 2 is 1.72 bits per heavy atom. The van der Waals surface area contributed by atoms with Crippen LogP contribution >= 0.6 is 0 Å². The molecule has 0 aliphatic heterocycles. The van der Waals surface area contributed by atoms with Crippen LogP contribution in [0.2, 0.25) is 0 Å². The van der Waals surface area contributed by atoms with Crippen LogP contribution in [-0.4, -0.2) is 60.1 Å². The van der Waals surface area contributed by atoms with Crippen molar-refractivity contribution >= 4 is 23.9 Å². The molecule has 1 aromatic rings. The van der Waals surface area contributed by atoms with Gasteiger partial charge in [0.15, 0.2) is 0 Å². The molecule has 0 heterocycles. The lowest BCUT2D eigenvalue weighted by molar-refractivity contribution is -0.146. The highest BCUT2D eigenvalue weighted by atomic mass is 16.6. The van der Waals surface area contributed by atoms with E-state index in [4.69, 9.17) is 4.74 Å². The van der Waals surface area contributed by atoms with Crippen molar-refractivity contribution in [2.45, 2.75) is 85.0 Å². The van der Waals surface area contributed by atoms with Gasteiger partial charge in [-0.3, -0.25) is 14.4 Å². The molecule has 200 valence electrons. The number of nitrogens with one attached hydrogen (secondary N) is 2. The summed E-state index contributed by atoms with van der Waals surface area (Å²) in [6.07, 6.45) is 0.675. The van der Waals surface area contributed by atoms with E-state index >= 15 is 0 Å². The van der Waals surface area contributed by atoms with Crippen LogP contribution in [0.4, 0.5) is 4.79 Å². The lowest BCUT2D eigenvalue weighted by Crippen LogP contribution is -2.56. The summed E-state index contributed by atoms with van der Waals surface area (Å²) in [5, 5.41) is 5.37. The van der Waals surface area contributed by atoms with Crippen molar-refractivity contribution in [1.29, 1.82) is 0 Å². The van der Waals surface area contributed by atoms with E-state index in [1.807, 2.05) is 52.0 Å². The summed E-state index contributed by atoms with van der Waals surface area (Å²) < 4.78 is 10.1. The van der Waals surface area contributed by atoms with Crippen molar-refractivity contribution in [3.05, 3.63) is 35.4 Å². The van der Waals surface area contributed by atoms with Gasteiger partial charge in [-0.2, -0.15) is 0 Å². The zero-order valence-corrected chi connectivity index (χ0v) is 22.7. The number of aryl methyl sites for hydroxylation is 1. The second-order valence-corrected chi connectivity index (χ2v) is 10.6.